The van der Waals surface area contributed by atoms with Gasteiger partial charge in [-0.25, -0.2) is 13.1 Å². The van der Waals surface area contributed by atoms with Gasteiger partial charge in [0, 0.05) is 12.5 Å². The molecule has 0 atom stereocenters. The van der Waals surface area contributed by atoms with Crippen molar-refractivity contribution in [2.75, 3.05) is 19.5 Å². The first kappa shape index (κ1) is 20.2. The topological polar surface area (TPSA) is 93.7 Å². The molecule has 0 aliphatic heterocycles. The van der Waals surface area contributed by atoms with E-state index in [0.29, 0.717) is 17.9 Å². The van der Waals surface area contributed by atoms with Crippen molar-refractivity contribution in [1.29, 1.82) is 0 Å². The van der Waals surface area contributed by atoms with E-state index >= 15 is 0 Å². The molecule has 2 aromatic rings. The number of carbonyl (C=O) groups excluding carboxylic acids is 1. The van der Waals surface area contributed by atoms with Crippen molar-refractivity contribution < 1.29 is 22.7 Å². The van der Waals surface area contributed by atoms with Gasteiger partial charge in [0.05, 0.1) is 24.8 Å². The number of anilines is 1. The molecule has 1 aliphatic carbocycles. The monoisotopic (exact) mass is 404 g/mol. The van der Waals surface area contributed by atoms with Crippen molar-refractivity contribution in [1.82, 2.24) is 4.72 Å². The number of methoxy groups -OCH3 is 2. The molecule has 1 fully saturated rings. The highest BCUT2D eigenvalue weighted by Crippen LogP contribution is 2.29. The largest absolute Gasteiger partial charge is 0.497 e. The van der Waals surface area contributed by atoms with Gasteiger partial charge in [0.25, 0.3) is 0 Å². The number of benzene rings is 2. The van der Waals surface area contributed by atoms with Crippen molar-refractivity contribution in [3.05, 3.63) is 48.0 Å². The lowest BCUT2D eigenvalue weighted by atomic mass is 10.1. The lowest BCUT2D eigenvalue weighted by Crippen LogP contribution is -2.26. The van der Waals surface area contributed by atoms with Crippen LogP contribution < -0.4 is 19.5 Å². The van der Waals surface area contributed by atoms with Crippen LogP contribution in [0.5, 0.6) is 11.5 Å². The Labute approximate surface area is 165 Å². The Morgan fingerprint density at radius 3 is 2.39 bits per heavy atom. The van der Waals surface area contributed by atoms with E-state index in [2.05, 4.69) is 10.0 Å². The molecular weight excluding hydrogens is 380 g/mol. The minimum absolute atomic E-state index is 0.00893. The molecule has 2 aromatic carbocycles. The number of hydrogen-bond donors (Lipinski definition) is 2. The molecule has 8 heteroatoms. The molecule has 0 spiro atoms. The first-order valence-electron chi connectivity index (χ1n) is 9.04. The third kappa shape index (κ3) is 5.24. The quantitative estimate of drug-likeness (QED) is 0.670. The van der Waals surface area contributed by atoms with E-state index in [1.54, 1.807) is 13.2 Å². The molecular formula is C20H24N2O5S. The van der Waals surface area contributed by atoms with Gasteiger partial charge in [-0.15, -0.1) is 0 Å². The third-order valence-electron chi connectivity index (χ3n) is 4.45. The average molecular weight is 404 g/mol. The summed E-state index contributed by atoms with van der Waals surface area (Å²) in [5, 5.41) is 2.75. The molecule has 0 unspecified atom stereocenters. The van der Waals surface area contributed by atoms with Crippen LogP contribution in [-0.2, 0) is 21.2 Å². The van der Waals surface area contributed by atoms with Crippen LogP contribution in [0, 0.1) is 0 Å². The zero-order chi connectivity index (χ0) is 20.1. The summed E-state index contributed by atoms with van der Waals surface area (Å²) in [7, 11) is -0.538. The van der Waals surface area contributed by atoms with E-state index < -0.39 is 10.0 Å². The third-order valence-corrected chi connectivity index (χ3v) is 5.97. The fraction of sp³-hybridized carbons (Fsp3) is 0.350. The van der Waals surface area contributed by atoms with Crippen molar-refractivity contribution in [3.8, 4) is 11.5 Å². The van der Waals surface area contributed by atoms with Crippen LogP contribution in [0.15, 0.2) is 47.4 Å². The van der Waals surface area contributed by atoms with Gasteiger partial charge in [-0.2, -0.15) is 0 Å². The van der Waals surface area contributed by atoms with Crippen molar-refractivity contribution in [3.63, 3.8) is 0 Å². The summed E-state index contributed by atoms with van der Waals surface area (Å²) >= 11 is 0. The van der Waals surface area contributed by atoms with E-state index in [1.807, 2.05) is 24.3 Å². The van der Waals surface area contributed by atoms with Gasteiger partial charge in [-0.3, -0.25) is 4.79 Å². The van der Waals surface area contributed by atoms with Crippen LogP contribution in [0.3, 0.4) is 0 Å². The minimum atomic E-state index is -3.61. The summed E-state index contributed by atoms with van der Waals surface area (Å²) in [6, 6.07) is 11.9. The second-order valence-corrected chi connectivity index (χ2v) is 8.37. The maximum atomic E-state index is 12.4. The van der Waals surface area contributed by atoms with Crippen LogP contribution in [0.4, 0.5) is 5.69 Å². The molecule has 150 valence electrons. The van der Waals surface area contributed by atoms with Crippen molar-refractivity contribution in [2.24, 2.45) is 0 Å². The van der Waals surface area contributed by atoms with Crippen LogP contribution in [-0.4, -0.2) is 34.6 Å². The number of carbonyl (C=O) groups is 1. The number of rotatable bonds is 9. The Morgan fingerprint density at radius 2 is 1.79 bits per heavy atom. The van der Waals surface area contributed by atoms with Gasteiger partial charge in [0.2, 0.25) is 15.9 Å². The van der Waals surface area contributed by atoms with Gasteiger partial charge in [0.1, 0.15) is 11.5 Å². The molecule has 28 heavy (non-hydrogen) atoms. The normalized spacial score (nSPS) is 13.8. The molecule has 0 bridgehead atoms. The molecule has 7 nitrogen and oxygen atoms in total. The molecule has 3 rings (SSSR count). The molecule has 1 aliphatic rings. The van der Waals surface area contributed by atoms with Crippen LogP contribution in [0.25, 0.3) is 0 Å². The van der Waals surface area contributed by atoms with Crippen LogP contribution >= 0.6 is 0 Å². The lowest BCUT2D eigenvalue weighted by Gasteiger charge is -2.13. The van der Waals surface area contributed by atoms with E-state index in [1.165, 1.54) is 19.2 Å². The van der Waals surface area contributed by atoms with Crippen LogP contribution in [0.2, 0.25) is 0 Å². The zero-order valence-electron chi connectivity index (χ0n) is 15.9. The second-order valence-electron chi connectivity index (χ2n) is 6.65. The molecule has 0 radical (unpaired) electrons. The summed E-state index contributed by atoms with van der Waals surface area (Å²) < 4.78 is 37.8. The van der Waals surface area contributed by atoms with Gasteiger partial charge in [-0.05, 0) is 55.2 Å². The number of sulfonamides is 1. The van der Waals surface area contributed by atoms with Crippen molar-refractivity contribution in [2.45, 2.75) is 36.6 Å². The molecule has 1 saturated carbocycles. The smallest absolute Gasteiger partial charge is 0.240 e. The van der Waals surface area contributed by atoms with Gasteiger partial charge >= 0.3 is 0 Å². The SMILES string of the molecule is COc1ccc(CCC(=O)Nc2cc(S(=O)(=O)NC3CC3)ccc2OC)cc1. The Kier molecular flexibility index (Phi) is 6.21. The van der Waals surface area contributed by atoms with Crippen LogP contribution in [0.1, 0.15) is 24.8 Å². The van der Waals surface area contributed by atoms with E-state index in [4.69, 9.17) is 9.47 Å². The van der Waals surface area contributed by atoms with Gasteiger partial charge < -0.3 is 14.8 Å². The highest BCUT2D eigenvalue weighted by Gasteiger charge is 2.28. The van der Waals surface area contributed by atoms with E-state index in [9.17, 15) is 13.2 Å². The summed E-state index contributed by atoms with van der Waals surface area (Å²) in [5.74, 6) is 0.942. The molecule has 0 heterocycles. The average Bonchev–Trinajstić information content (AvgIpc) is 3.50. The Hall–Kier alpha value is -2.58. The number of amides is 1. The van der Waals surface area contributed by atoms with Gasteiger partial charge in [-0.1, -0.05) is 12.1 Å². The first-order valence-corrected chi connectivity index (χ1v) is 10.5. The fourth-order valence-corrected chi connectivity index (χ4v) is 4.03. The predicted octanol–water partition coefficient (Wildman–Crippen LogP) is 2.72. The number of hydrogen-bond acceptors (Lipinski definition) is 5. The number of nitrogens with one attached hydrogen (secondary N) is 2. The summed E-state index contributed by atoms with van der Waals surface area (Å²) in [6.45, 7) is 0. The van der Waals surface area contributed by atoms with E-state index in [0.717, 1.165) is 24.2 Å². The minimum Gasteiger partial charge on any atom is -0.497 e. The number of aryl methyl sites for hydroxylation is 1. The van der Waals surface area contributed by atoms with Crippen molar-refractivity contribution >= 4 is 21.6 Å². The molecule has 2 N–H and O–H groups in total. The highest BCUT2D eigenvalue weighted by molar-refractivity contribution is 7.89. The maximum Gasteiger partial charge on any atom is 0.240 e. The fourth-order valence-electron chi connectivity index (χ4n) is 2.70. The first-order chi connectivity index (χ1) is 13.4. The Bertz CT molecular complexity index is 938. The maximum absolute atomic E-state index is 12.4. The zero-order valence-corrected chi connectivity index (χ0v) is 16.7. The number of ether oxygens (including phenoxy) is 2. The van der Waals surface area contributed by atoms with Gasteiger partial charge in [0.15, 0.2) is 0 Å². The summed E-state index contributed by atoms with van der Waals surface area (Å²) in [4.78, 5) is 12.5. The molecule has 1 amide bonds. The Balaban J connectivity index is 1.67. The lowest BCUT2D eigenvalue weighted by molar-refractivity contribution is -0.116. The molecule has 0 saturated heterocycles. The summed E-state index contributed by atoms with van der Waals surface area (Å²) in [5.41, 5.74) is 1.34. The summed E-state index contributed by atoms with van der Waals surface area (Å²) in [6.07, 6.45) is 2.51. The van der Waals surface area contributed by atoms with E-state index in [-0.39, 0.29) is 23.3 Å². The highest BCUT2D eigenvalue weighted by atomic mass is 32.2. The molecule has 0 aromatic heterocycles. The predicted molar refractivity (Wildman–Crippen MR) is 106 cm³/mol. The second kappa shape index (κ2) is 8.62. The Morgan fingerprint density at radius 1 is 1.07 bits per heavy atom. The standard InChI is InChI=1S/C20H24N2O5S/c1-26-16-8-3-14(4-9-16)5-12-20(23)21-18-13-17(10-11-19(18)27-2)28(24,25)22-15-6-7-15/h3-4,8-11,13,15,22H,5-7,12H2,1-2H3,(H,21,23).